The summed E-state index contributed by atoms with van der Waals surface area (Å²) < 4.78 is 9.96. The van der Waals surface area contributed by atoms with Crippen molar-refractivity contribution in [2.75, 3.05) is 33.4 Å². The number of piperidine rings is 1. The van der Waals surface area contributed by atoms with Crippen LogP contribution in [0, 0.1) is 0 Å². The van der Waals surface area contributed by atoms with Gasteiger partial charge in [0.25, 0.3) is 5.91 Å². The summed E-state index contributed by atoms with van der Waals surface area (Å²) in [5.41, 5.74) is -0.316. The van der Waals surface area contributed by atoms with E-state index in [1.54, 1.807) is 24.5 Å². The van der Waals surface area contributed by atoms with E-state index in [0.29, 0.717) is 32.7 Å². The largest absolute Gasteiger partial charge is 0.472 e. The van der Waals surface area contributed by atoms with Gasteiger partial charge >= 0.3 is 0 Å². The van der Waals surface area contributed by atoms with E-state index in [-0.39, 0.29) is 12.5 Å². The molecule has 0 unspecified atom stereocenters. The molecule has 1 aromatic rings. The van der Waals surface area contributed by atoms with Gasteiger partial charge in [-0.05, 0) is 18.9 Å². The number of methoxy groups -OCH3 is 1. The van der Waals surface area contributed by atoms with E-state index < -0.39 is 5.60 Å². The number of carbonyl (C=O) groups excluding carboxylic acids is 1. The van der Waals surface area contributed by atoms with Crippen LogP contribution in [0.1, 0.15) is 18.4 Å². The van der Waals surface area contributed by atoms with Crippen LogP contribution in [-0.4, -0.2) is 54.9 Å². The van der Waals surface area contributed by atoms with Crippen LogP contribution in [-0.2, 0) is 16.1 Å². The monoisotopic (exact) mass is 282 g/mol. The second-order valence-electron chi connectivity index (χ2n) is 5.16. The quantitative estimate of drug-likeness (QED) is 0.756. The summed E-state index contributed by atoms with van der Waals surface area (Å²) in [7, 11) is 1.60. The van der Waals surface area contributed by atoms with Crippen molar-refractivity contribution >= 4 is 5.91 Å². The van der Waals surface area contributed by atoms with Crippen molar-refractivity contribution < 1.29 is 19.1 Å². The van der Waals surface area contributed by atoms with E-state index in [2.05, 4.69) is 5.32 Å². The smallest absolute Gasteiger partial charge is 0.255 e. The predicted octanol–water partition coefficient (Wildman–Crippen LogP) is 0.369. The molecule has 1 aromatic heterocycles. The average molecular weight is 282 g/mol. The van der Waals surface area contributed by atoms with Crippen molar-refractivity contribution in [1.82, 2.24) is 10.2 Å². The Labute approximate surface area is 118 Å². The van der Waals surface area contributed by atoms with E-state index in [4.69, 9.17) is 9.15 Å². The van der Waals surface area contributed by atoms with Gasteiger partial charge in [0.1, 0.15) is 0 Å². The number of carbonyl (C=O) groups is 1. The summed E-state index contributed by atoms with van der Waals surface area (Å²) >= 11 is 0. The SMILES string of the molecule is COCCN1CCC[C@](O)(CNCc2ccoc2)C1=O. The van der Waals surface area contributed by atoms with E-state index in [1.165, 1.54) is 0 Å². The Morgan fingerprint density at radius 3 is 3.15 bits per heavy atom. The summed E-state index contributed by atoms with van der Waals surface area (Å²) in [6, 6.07) is 1.85. The highest BCUT2D eigenvalue weighted by Crippen LogP contribution is 2.22. The molecule has 1 fully saturated rings. The third-order valence-electron chi connectivity index (χ3n) is 3.60. The number of aliphatic hydroxyl groups is 1. The highest BCUT2D eigenvalue weighted by Gasteiger charge is 2.41. The first-order chi connectivity index (χ1) is 9.65. The predicted molar refractivity (Wildman–Crippen MR) is 73.1 cm³/mol. The molecule has 1 atom stereocenters. The molecule has 6 heteroatoms. The molecular weight excluding hydrogens is 260 g/mol. The van der Waals surface area contributed by atoms with Gasteiger partial charge in [0, 0.05) is 38.9 Å². The molecule has 2 rings (SSSR count). The first kappa shape index (κ1) is 15.0. The molecule has 1 amide bonds. The molecule has 0 aromatic carbocycles. The summed E-state index contributed by atoms with van der Waals surface area (Å²) in [5.74, 6) is -0.208. The van der Waals surface area contributed by atoms with Crippen molar-refractivity contribution in [2.45, 2.75) is 25.0 Å². The second kappa shape index (κ2) is 6.88. The van der Waals surface area contributed by atoms with Gasteiger partial charge < -0.3 is 24.5 Å². The lowest BCUT2D eigenvalue weighted by Crippen LogP contribution is -2.58. The fourth-order valence-electron chi connectivity index (χ4n) is 2.45. The second-order valence-corrected chi connectivity index (χ2v) is 5.16. The number of nitrogens with zero attached hydrogens (tertiary/aromatic N) is 1. The Morgan fingerprint density at radius 2 is 2.45 bits per heavy atom. The Bertz CT molecular complexity index is 421. The van der Waals surface area contributed by atoms with E-state index >= 15 is 0 Å². The first-order valence-corrected chi connectivity index (χ1v) is 6.88. The van der Waals surface area contributed by atoms with Gasteiger partial charge in [0.2, 0.25) is 0 Å². The van der Waals surface area contributed by atoms with Crippen LogP contribution in [0.4, 0.5) is 0 Å². The number of amides is 1. The standard InChI is InChI=1S/C14H22N2O4/c1-19-8-6-16-5-2-4-14(18,13(16)17)11-15-9-12-3-7-20-10-12/h3,7,10,15,18H,2,4-6,8-9,11H2,1H3/t14-/m0/s1. The Hall–Kier alpha value is -1.37. The molecule has 1 saturated heterocycles. The molecule has 0 bridgehead atoms. The van der Waals surface area contributed by atoms with Crippen molar-refractivity contribution in [1.29, 1.82) is 0 Å². The van der Waals surface area contributed by atoms with Crippen LogP contribution in [0.3, 0.4) is 0 Å². The number of rotatable bonds is 7. The summed E-state index contributed by atoms with van der Waals surface area (Å²) in [6.45, 7) is 2.53. The highest BCUT2D eigenvalue weighted by atomic mass is 16.5. The van der Waals surface area contributed by atoms with E-state index in [9.17, 15) is 9.90 Å². The van der Waals surface area contributed by atoms with Crippen molar-refractivity contribution in [2.24, 2.45) is 0 Å². The topological polar surface area (TPSA) is 74.9 Å². The van der Waals surface area contributed by atoms with Gasteiger partial charge in [-0.2, -0.15) is 0 Å². The molecule has 20 heavy (non-hydrogen) atoms. The number of likely N-dealkylation sites (tertiary alicyclic amines) is 1. The lowest BCUT2D eigenvalue weighted by Gasteiger charge is -2.38. The molecule has 2 heterocycles. The van der Waals surface area contributed by atoms with E-state index in [0.717, 1.165) is 12.0 Å². The molecular formula is C14H22N2O4. The number of nitrogens with one attached hydrogen (secondary N) is 1. The molecule has 1 aliphatic heterocycles. The number of hydrogen-bond donors (Lipinski definition) is 2. The Balaban J connectivity index is 1.85. The van der Waals surface area contributed by atoms with Crippen LogP contribution >= 0.6 is 0 Å². The lowest BCUT2D eigenvalue weighted by molar-refractivity contribution is -0.157. The van der Waals surface area contributed by atoms with Gasteiger partial charge in [0.05, 0.1) is 19.1 Å². The molecule has 2 N–H and O–H groups in total. The third-order valence-corrected chi connectivity index (χ3v) is 3.60. The summed E-state index contributed by atoms with van der Waals surface area (Å²) in [4.78, 5) is 14.0. The normalized spacial score (nSPS) is 23.3. The maximum atomic E-state index is 12.3. The minimum Gasteiger partial charge on any atom is -0.472 e. The third kappa shape index (κ3) is 3.59. The Morgan fingerprint density at radius 1 is 1.60 bits per heavy atom. The zero-order valence-corrected chi connectivity index (χ0v) is 11.8. The van der Waals surface area contributed by atoms with Crippen LogP contribution in [0.5, 0.6) is 0 Å². The molecule has 0 saturated carbocycles. The van der Waals surface area contributed by atoms with E-state index in [1.807, 2.05) is 6.07 Å². The first-order valence-electron chi connectivity index (χ1n) is 6.88. The minimum atomic E-state index is -1.31. The summed E-state index contributed by atoms with van der Waals surface area (Å²) in [5, 5.41) is 13.6. The van der Waals surface area contributed by atoms with Gasteiger partial charge in [-0.25, -0.2) is 0 Å². The zero-order chi connectivity index (χ0) is 14.4. The zero-order valence-electron chi connectivity index (χ0n) is 11.8. The Kier molecular flexibility index (Phi) is 5.17. The fourth-order valence-corrected chi connectivity index (χ4v) is 2.45. The van der Waals surface area contributed by atoms with Gasteiger partial charge in [-0.15, -0.1) is 0 Å². The van der Waals surface area contributed by atoms with Crippen LogP contribution in [0.15, 0.2) is 23.0 Å². The van der Waals surface area contributed by atoms with Crippen LogP contribution in [0.2, 0.25) is 0 Å². The highest BCUT2D eigenvalue weighted by molar-refractivity contribution is 5.86. The van der Waals surface area contributed by atoms with Crippen LogP contribution < -0.4 is 5.32 Å². The molecule has 0 spiro atoms. The number of ether oxygens (including phenoxy) is 1. The molecule has 1 aliphatic rings. The number of furan rings is 1. The maximum absolute atomic E-state index is 12.3. The lowest BCUT2D eigenvalue weighted by atomic mass is 9.91. The van der Waals surface area contributed by atoms with Crippen molar-refractivity contribution in [3.05, 3.63) is 24.2 Å². The summed E-state index contributed by atoms with van der Waals surface area (Å²) in [6.07, 6.45) is 4.54. The average Bonchev–Trinajstić information content (AvgIpc) is 2.94. The molecule has 0 aliphatic carbocycles. The molecule has 6 nitrogen and oxygen atoms in total. The van der Waals surface area contributed by atoms with Gasteiger partial charge in [0.15, 0.2) is 5.60 Å². The van der Waals surface area contributed by atoms with Crippen molar-refractivity contribution in [3.8, 4) is 0 Å². The maximum Gasteiger partial charge on any atom is 0.255 e. The van der Waals surface area contributed by atoms with Gasteiger partial charge in [-0.1, -0.05) is 0 Å². The van der Waals surface area contributed by atoms with Crippen molar-refractivity contribution in [3.63, 3.8) is 0 Å². The fraction of sp³-hybridized carbons (Fsp3) is 0.643. The molecule has 0 radical (unpaired) electrons. The molecule has 112 valence electrons. The minimum absolute atomic E-state index is 0.208. The number of hydrogen-bond acceptors (Lipinski definition) is 5. The van der Waals surface area contributed by atoms with Crippen LogP contribution in [0.25, 0.3) is 0 Å². The van der Waals surface area contributed by atoms with Gasteiger partial charge in [-0.3, -0.25) is 4.79 Å².